The zero-order valence-electron chi connectivity index (χ0n) is 3.68. The molecular formula is C4H2CuO3. The monoisotopic (exact) mass is 161 g/mol. The molecule has 1 aliphatic heterocycles. The third-order valence-electron chi connectivity index (χ3n) is 0.557. The minimum absolute atomic E-state index is 0. The number of cyclic esters (lactones) is 2. The average molecular weight is 162 g/mol. The van der Waals surface area contributed by atoms with E-state index in [1.807, 2.05) is 0 Å². The van der Waals surface area contributed by atoms with E-state index in [9.17, 15) is 9.59 Å². The largest absolute Gasteiger partial charge is 0.387 e. The van der Waals surface area contributed by atoms with E-state index in [1.54, 1.807) is 0 Å². The minimum Gasteiger partial charge on any atom is -0.387 e. The van der Waals surface area contributed by atoms with Crippen molar-refractivity contribution in [1.82, 2.24) is 0 Å². The fourth-order valence-electron chi connectivity index (χ4n) is 0.303. The second kappa shape index (κ2) is 2.64. The van der Waals surface area contributed by atoms with Crippen LogP contribution in [0.25, 0.3) is 0 Å². The van der Waals surface area contributed by atoms with Gasteiger partial charge in [0.2, 0.25) is 0 Å². The predicted molar refractivity (Wildman–Crippen MR) is 20.2 cm³/mol. The molecule has 0 spiro atoms. The fraction of sp³-hybridized carbons (Fsp3) is 0. The number of carbonyl (C=O) groups excluding carboxylic acids is 2. The summed E-state index contributed by atoms with van der Waals surface area (Å²) in [6, 6.07) is 0. The first kappa shape index (κ1) is 7.40. The van der Waals surface area contributed by atoms with Crippen LogP contribution >= 0.6 is 0 Å². The van der Waals surface area contributed by atoms with E-state index in [-0.39, 0.29) is 17.1 Å². The van der Waals surface area contributed by atoms with Gasteiger partial charge in [0.15, 0.2) is 0 Å². The van der Waals surface area contributed by atoms with Crippen LogP contribution in [0.4, 0.5) is 0 Å². The van der Waals surface area contributed by atoms with E-state index in [4.69, 9.17) is 0 Å². The molecule has 47 valence electrons. The Kier molecular flexibility index (Phi) is 2.45. The van der Waals surface area contributed by atoms with Gasteiger partial charge in [-0.05, 0) is 0 Å². The second-order valence-corrected chi connectivity index (χ2v) is 1.07. The summed E-state index contributed by atoms with van der Waals surface area (Å²) in [7, 11) is 0. The molecule has 0 fully saturated rings. The van der Waals surface area contributed by atoms with E-state index < -0.39 is 11.9 Å². The number of carbonyl (C=O) groups is 2. The Bertz CT molecular complexity index is 133. The Labute approximate surface area is 56.2 Å². The molecule has 0 aromatic heterocycles. The van der Waals surface area contributed by atoms with Gasteiger partial charge in [0.25, 0.3) is 0 Å². The van der Waals surface area contributed by atoms with Crippen molar-refractivity contribution in [2.24, 2.45) is 0 Å². The van der Waals surface area contributed by atoms with Crippen LogP contribution in [-0.4, -0.2) is 11.9 Å². The van der Waals surface area contributed by atoms with Gasteiger partial charge in [-0.25, -0.2) is 9.59 Å². The van der Waals surface area contributed by atoms with Gasteiger partial charge < -0.3 is 4.74 Å². The van der Waals surface area contributed by atoms with Crippen LogP contribution < -0.4 is 0 Å². The van der Waals surface area contributed by atoms with Crippen LogP contribution in [0, 0.1) is 0 Å². The van der Waals surface area contributed by atoms with E-state index in [0.29, 0.717) is 0 Å². The molecule has 1 radical (unpaired) electrons. The summed E-state index contributed by atoms with van der Waals surface area (Å²) in [6.45, 7) is 0. The predicted octanol–water partition coefficient (Wildman–Crippen LogP) is -0.377. The molecule has 3 nitrogen and oxygen atoms in total. The van der Waals surface area contributed by atoms with Crippen LogP contribution in [0.15, 0.2) is 12.2 Å². The fourth-order valence-corrected chi connectivity index (χ4v) is 0.303. The molecule has 0 amide bonds. The number of hydrogen-bond acceptors (Lipinski definition) is 3. The molecule has 1 aliphatic rings. The first-order chi connectivity index (χ1) is 3.29. The number of esters is 2. The van der Waals surface area contributed by atoms with Gasteiger partial charge in [-0.2, -0.15) is 0 Å². The van der Waals surface area contributed by atoms with Crippen molar-refractivity contribution in [3.63, 3.8) is 0 Å². The number of rotatable bonds is 0. The maximum absolute atomic E-state index is 9.92. The molecular weight excluding hydrogens is 160 g/mol. The minimum atomic E-state index is -0.579. The molecule has 0 aromatic rings. The van der Waals surface area contributed by atoms with Crippen molar-refractivity contribution >= 4 is 11.9 Å². The summed E-state index contributed by atoms with van der Waals surface area (Å²) in [5, 5.41) is 0. The Morgan fingerprint density at radius 1 is 1.12 bits per heavy atom. The van der Waals surface area contributed by atoms with Gasteiger partial charge in [-0.1, -0.05) is 0 Å². The quantitative estimate of drug-likeness (QED) is 0.277. The maximum atomic E-state index is 9.92. The smallest absolute Gasteiger partial charge is 0.338 e. The molecule has 1 rings (SSSR count). The van der Waals surface area contributed by atoms with E-state index in [2.05, 4.69) is 4.74 Å². The Balaban J connectivity index is 0.000000490. The van der Waals surface area contributed by atoms with Crippen molar-refractivity contribution in [3.8, 4) is 0 Å². The van der Waals surface area contributed by atoms with Crippen LogP contribution in [-0.2, 0) is 31.4 Å². The van der Waals surface area contributed by atoms with Gasteiger partial charge in [0.05, 0.1) is 0 Å². The second-order valence-electron chi connectivity index (χ2n) is 1.07. The molecule has 0 bridgehead atoms. The molecule has 0 saturated carbocycles. The van der Waals surface area contributed by atoms with Gasteiger partial charge >= 0.3 is 11.9 Å². The van der Waals surface area contributed by atoms with Crippen molar-refractivity contribution < 1.29 is 31.4 Å². The van der Waals surface area contributed by atoms with E-state index in [1.165, 1.54) is 0 Å². The molecule has 0 atom stereocenters. The Hall–Kier alpha value is -0.601. The zero-order valence-corrected chi connectivity index (χ0v) is 4.62. The zero-order chi connectivity index (χ0) is 5.28. The van der Waals surface area contributed by atoms with Crippen molar-refractivity contribution in [1.29, 1.82) is 0 Å². The first-order valence-electron chi connectivity index (χ1n) is 1.73. The van der Waals surface area contributed by atoms with Crippen LogP contribution in [0.3, 0.4) is 0 Å². The van der Waals surface area contributed by atoms with Crippen molar-refractivity contribution in [3.05, 3.63) is 12.2 Å². The van der Waals surface area contributed by atoms with Gasteiger partial charge in [-0.15, -0.1) is 0 Å². The molecule has 0 N–H and O–H groups in total. The molecule has 8 heavy (non-hydrogen) atoms. The molecule has 0 unspecified atom stereocenters. The Morgan fingerprint density at radius 3 is 1.62 bits per heavy atom. The van der Waals surface area contributed by atoms with Gasteiger partial charge in [0, 0.05) is 29.2 Å². The van der Waals surface area contributed by atoms with E-state index >= 15 is 0 Å². The standard InChI is InChI=1S/C4H2O3.Cu/c5-3-1-2-4(6)7-3;/h1-2H;. The van der Waals surface area contributed by atoms with Crippen molar-refractivity contribution in [2.45, 2.75) is 0 Å². The summed E-state index contributed by atoms with van der Waals surface area (Å²) in [5.41, 5.74) is 0. The third-order valence-corrected chi connectivity index (χ3v) is 0.557. The van der Waals surface area contributed by atoms with Crippen LogP contribution in [0.1, 0.15) is 0 Å². The average Bonchev–Trinajstić information content (AvgIpc) is 1.87. The van der Waals surface area contributed by atoms with Crippen LogP contribution in [0.2, 0.25) is 0 Å². The Morgan fingerprint density at radius 2 is 1.50 bits per heavy atom. The molecule has 0 saturated heterocycles. The summed E-state index contributed by atoms with van der Waals surface area (Å²) >= 11 is 0. The molecule has 0 aromatic carbocycles. The van der Waals surface area contributed by atoms with Crippen LogP contribution in [0.5, 0.6) is 0 Å². The molecule has 4 heteroatoms. The SMILES string of the molecule is O=C1C=CC(=O)O1.[Cu]. The summed E-state index contributed by atoms with van der Waals surface area (Å²) in [5.74, 6) is -1.16. The summed E-state index contributed by atoms with van der Waals surface area (Å²) in [4.78, 5) is 19.8. The topological polar surface area (TPSA) is 43.4 Å². The van der Waals surface area contributed by atoms with E-state index in [0.717, 1.165) is 12.2 Å². The summed E-state index contributed by atoms with van der Waals surface area (Å²) in [6.07, 6.45) is 2.17. The normalized spacial score (nSPS) is 15.5. The summed E-state index contributed by atoms with van der Waals surface area (Å²) < 4.78 is 3.97. The first-order valence-corrected chi connectivity index (χ1v) is 1.73. The molecule has 0 aliphatic carbocycles. The van der Waals surface area contributed by atoms with Gasteiger partial charge in [-0.3, -0.25) is 0 Å². The third kappa shape index (κ3) is 1.48. The maximum Gasteiger partial charge on any atom is 0.338 e. The van der Waals surface area contributed by atoms with Gasteiger partial charge in [0.1, 0.15) is 0 Å². The molecule has 1 heterocycles. The van der Waals surface area contributed by atoms with Crippen molar-refractivity contribution in [2.75, 3.05) is 0 Å². The number of ether oxygens (including phenoxy) is 1. The number of hydrogen-bond donors (Lipinski definition) is 0.